The largest absolute Gasteiger partial charge is 0.497 e. The maximum Gasteiger partial charge on any atom is 0.122 e. The summed E-state index contributed by atoms with van der Waals surface area (Å²) in [5, 5.41) is 3.64. The number of rotatable bonds is 6. The molecule has 1 N–H and O–H groups in total. The lowest BCUT2D eigenvalue weighted by molar-refractivity contribution is 0.0858. The third kappa shape index (κ3) is 2.87. The summed E-state index contributed by atoms with van der Waals surface area (Å²) in [6.45, 7) is 3.09. The highest BCUT2D eigenvalue weighted by molar-refractivity contribution is 5.40. The summed E-state index contributed by atoms with van der Waals surface area (Å²) in [5.74, 6) is 2.23. The van der Waals surface area contributed by atoms with E-state index >= 15 is 0 Å². The molecule has 0 spiro atoms. The van der Waals surface area contributed by atoms with E-state index < -0.39 is 0 Å². The monoisotopic (exact) mass is 291 g/mol. The fourth-order valence-electron chi connectivity index (χ4n) is 3.77. The highest BCUT2D eigenvalue weighted by Gasteiger charge is 2.44. The second-order valence-electron chi connectivity index (χ2n) is 5.95. The Balaban J connectivity index is 1.89. The van der Waals surface area contributed by atoms with Crippen LogP contribution >= 0.6 is 0 Å². The van der Waals surface area contributed by atoms with Gasteiger partial charge in [0.2, 0.25) is 0 Å². The van der Waals surface area contributed by atoms with Gasteiger partial charge in [0, 0.05) is 18.0 Å². The van der Waals surface area contributed by atoms with E-state index in [-0.39, 0.29) is 0 Å². The van der Waals surface area contributed by atoms with Gasteiger partial charge in [-0.3, -0.25) is 0 Å². The van der Waals surface area contributed by atoms with Crippen molar-refractivity contribution in [3.8, 4) is 11.5 Å². The van der Waals surface area contributed by atoms with Gasteiger partial charge in [-0.15, -0.1) is 0 Å². The van der Waals surface area contributed by atoms with Crippen molar-refractivity contribution in [1.29, 1.82) is 0 Å². The Kier molecular flexibility index (Phi) is 4.36. The van der Waals surface area contributed by atoms with Gasteiger partial charge in [0.1, 0.15) is 11.5 Å². The quantitative estimate of drug-likeness (QED) is 0.875. The molecule has 2 fully saturated rings. The van der Waals surface area contributed by atoms with Crippen LogP contribution < -0.4 is 14.8 Å². The van der Waals surface area contributed by atoms with Crippen LogP contribution in [0.4, 0.5) is 0 Å². The summed E-state index contributed by atoms with van der Waals surface area (Å²) in [7, 11) is 3.39. The van der Waals surface area contributed by atoms with Crippen LogP contribution in [-0.2, 0) is 4.74 Å². The van der Waals surface area contributed by atoms with Crippen LogP contribution in [0.2, 0.25) is 0 Å². The Bertz CT molecular complexity index is 469. The molecule has 2 aliphatic rings. The Morgan fingerprint density at radius 2 is 1.90 bits per heavy atom. The van der Waals surface area contributed by atoms with Gasteiger partial charge in [-0.05, 0) is 43.5 Å². The summed E-state index contributed by atoms with van der Waals surface area (Å²) < 4.78 is 16.9. The average Bonchev–Trinajstić information content (AvgIpc) is 3.14. The van der Waals surface area contributed by atoms with Crippen LogP contribution in [-0.4, -0.2) is 33.0 Å². The first-order valence-electron chi connectivity index (χ1n) is 7.87. The Morgan fingerprint density at radius 1 is 1.19 bits per heavy atom. The Hall–Kier alpha value is -1.26. The number of benzene rings is 1. The van der Waals surface area contributed by atoms with Crippen molar-refractivity contribution in [3.05, 3.63) is 23.8 Å². The highest BCUT2D eigenvalue weighted by atomic mass is 16.5. The third-order valence-corrected chi connectivity index (χ3v) is 4.74. The van der Waals surface area contributed by atoms with Gasteiger partial charge >= 0.3 is 0 Å². The topological polar surface area (TPSA) is 39.7 Å². The average molecular weight is 291 g/mol. The van der Waals surface area contributed by atoms with E-state index in [9.17, 15) is 0 Å². The fourth-order valence-corrected chi connectivity index (χ4v) is 3.77. The smallest absolute Gasteiger partial charge is 0.122 e. The van der Waals surface area contributed by atoms with Crippen molar-refractivity contribution < 1.29 is 14.2 Å². The predicted octanol–water partition coefficient (Wildman–Crippen LogP) is 2.92. The van der Waals surface area contributed by atoms with E-state index in [1.54, 1.807) is 14.2 Å². The maximum absolute atomic E-state index is 6.04. The van der Waals surface area contributed by atoms with Gasteiger partial charge in [0.05, 0.1) is 26.4 Å². The van der Waals surface area contributed by atoms with E-state index in [0.29, 0.717) is 24.2 Å². The molecule has 2 aliphatic heterocycles. The van der Waals surface area contributed by atoms with E-state index in [1.165, 1.54) is 18.4 Å². The van der Waals surface area contributed by atoms with Crippen molar-refractivity contribution in [2.45, 2.75) is 44.4 Å². The predicted molar refractivity (Wildman–Crippen MR) is 82.0 cm³/mol. The molecule has 3 rings (SSSR count). The molecule has 1 aromatic rings. The second kappa shape index (κ2) is 6.24. The molecular formula is C17H25NO3. The molecule has 4 unspecified atom stereocenters. The minimum atomic E-state index is 0.300. The SMILES string of the molecule is CCNC(c1cc(OC)cc(OC)c1)C1CC2CCC1O2. The first kappa shape index (κ1) is 14.7. The van der Waals surface area contributed by atoms with Crippen LogP contribution in [0, 0.1) is 5.92 Å². The zero-order valence-electron chi connectivity index (χ0n) is 13.1. The number of methoxy groups -OCH3 is 2. The molecule has 4 heteroatoms. The molecule has 21 heavy (non-hydrogen) atoms. The van der Waals surface area contributed by atoms with E-state index in [2.05, 4.69) is 24.4 Å². The minimum absolute atomic E-state index is 0.300. The van der Waals surface area contributed by atoms with Crippen molar-refractivity contribution in [3.63, 3.8) is 0 Å². The molecule has 2 bridgehead atoms. The number of fused-ring (bicyclic) bond motifs is 2. The van der Waals surface area contributed by atoms with E-state index in [4.69, 9.17) is 14.2 Å². The normalized spacial score (nSPS) is 28.6. The lowest BCUT2D eigenvalue weighted by Crippen LogP contribution is -2.33. The number of hydrogen-bond donors (Lipinski definition) is 1. The van der Waals surface area contributed by atoms with Gasteiger partial charge in [-0.2, -0.15) is 0 Å². The van der Waals surface area contributed by atoms with Crippen LogP contribution in [0.15, 0.2) is 18.2 Å². The molecule has 116 valence electrons. The second-order valence-corrected chi connectivity index (χ2v) is 5.95. The molecule has 0 radical (unpaired) electrons. The summed E-state index contributed by atoms with van der Waals surface area (Å²) in [5.41, 5.74) is 1.23. The number of nitrogens with one attached hydrogen (secondary N) is 1. The summed E-state index contributed by atoms with van der Waals surface area (Å²) in [4.78, 5) is 0. The molecule has 4 nitrogen and oxygen atoms in total. The number of hydrogen-bond acceptors (Lipinski definition) is 4. The Morgan fingerprint density at radius 3 is 2.38 bits per heavy atom. The molecule has 1 aromatic carbocycles. The van der Waals surface area contributed by atoms with Crippen molar-refractivity contribution in [2.75, 3.05) is 20.8 Å². The minimum Gasteiger partial charge on any atom is -0.497 e. The lowest BCUT2D eigenvalue weighted by Gasteiger charge is -2.30. The maximum atomic E-state index is 6.04. The van der Waals surface area contributed by atoms with Crippen molar-refractivity contribution in [2.24, 2.45) is 5.92 Å². The van der Waals surface area contributed by atoms with Crippen molar-refractivity contribution in [1.82, 2.24) is 5.32 Å². The third-order valence-electron chi connectivity index (χ3n) is 4.74. The van der Waals surface area contributed by atoms with Crippen LogP contribution in [0.1, 0.15) is 37.8 Å². The summed E-state index contributed by atoms with van der Waals surface area (Å²) in [6, 6.07) is 6.45. The summed E-state index contributed by atoms with van der Waals surface area (Å²) >= 11 is 0. The van der Waals surface area contributed by atoms with Gasteiger partial charge in [0.25, 0.3) is 0 Å². The van der Waals surface area contributed by atoms with Gasteiger partial charge in [-0.25, -0.2) is 0 Å². The standard InChI is InChI=1S/C17H25NO3/c1-4-18-17(15-10-12-5-6-16(15)21-12)11-7-13(19-2)9-14(8-11)20-3/h7-9,12,15-18H,4-6,10H2,1-3H3. The van der Waals surface area contributed by atoms with Crippen molar-refractivity contribution >= 4 is 0 Å². The molecule has 0 aromatic heterocycles. The molecule has 2 saturated heterocycles. The zero-order valence-corrected chi connectivity index (χ0v) is 13.1. The molecule has 0 aliphatic carbocycles. The number of ether oxygens (including phenoxy) is 3. The van der Waals surface area contributed by atoms with Gasteiger partial charge in [-0.1, -0.05) is 6.92 Å². The molecule has 0 amide bonds. The molecule has 4 atom stereocenters. The highest BCUT2D eigenvalue weighted by Crippen LogP contribution is 2.45. The van der Waals surface area contributed by atoms with Gasteiger partial charge in [0.15, 0.2) is 0 Å². The van der Waals surface area contributed by atoms with Crippen LogP contribution in [0.25, 0.3) is 0 Å². The van der Waals surface area contributed by atoms with Crippen LogP contribution in [0.5, 0.6) is 11.5 Å². The molecule has 0 saturated carbocycles. The molecule has 2 heterocycles. The summed E-state index contributed by atoms with van der Waals surface area (Å²) in [6.07, 6.45) is 4.44. The lowest BCUT2D eigenvalue weighted by atomic mass is 9.81. The van der Waals surface area contributed by atoms with Gasteiger partial charge < -0.3 is 19.5 Å². The van der Waals surface area contributed by atoms with Crippen LogP contribution in [0.3, 0.4) is 0 Å². The Labute approximate surface area is 126 Å². The first-order valence-corrected chi connectivity index (χ1v) is 7.87. The molecular weight excluding hydrogens is 266 g/mol. The van der Waals surface area contributed by atoms with E-state index in [1.807, 2.05) is 6.07 Å². The van der Waals surface area contributed by atoms with E-state index in [0.717, 1.165) is 24.5 Å². The zero-order chi connectivity index (χ0) is 14.8. The first-order chi connectivity index (χ1) is 10.2. The fraction of sp³-hybridized carbons (Fsp3) is 0.647.